The number of carbonyl (C=O) groups is 4. The minimum Gasteiger partial charge on any atom is -0.691 e. The molecule has 0 bridgehead atoms. The van der Waals surface area contributed by atoms with Gasteiger partial charge in [0.25, 0.3) is 11.8 Å². The van der Waals surface area contributed by atoms with E-state index in [1.807, 2.05) is 11.8 Å². The number of hydrogen-bond donors (Lipinski definition) is 3. The summed E-state index contributed by atoms with van der Waals surface area (Å²) in [7, 11) is 3.14. The van der Waals surface area contributed by atoms with Crippen LogP contribution in [0.4, 0.5) is 4.79 Å². The molecular weight excluding hydrogens is 551 g/mol. The molecule has 0 aromatic rings. The van der Waals surface area contributed by atoms with Crippen molar-refractivity contribution in [1.29, 1.82) is 0 Å². The van der Waals surface area contributed by atoms with Gasteiger partial charge in [-0.15, -0.1) is 5.06 Å². The molecule has 3 aliphatic rings. The Hall–Kier alpha value is 0.120. The van der Waals surface area contributed by atoms with Crippen LogP contribution in [0.3, 0.4) is 0 Å². The first-order chi connectivity index (χ1) is 16.5. The van der Waals surface area contributed by atoms with Gasteiger partial charge in [0.2, 0.25) is 0 Å². The summed E-state index contributed by atoms with van der Waals surface area (Å²) < 4.78 is 4.06. The topological polar surface area (TPSA) is 158 Å². The molecule has 2 unspecified atom stereocenters. The SMILES string of the molecule is O=C1N[C@H]2CSC(CCCCNCCSSCCC(=O)ON3C(=O)CC(SOO[O-])C3=O)[C@H]2N1.[Na+]. The average Bonchev–Trinajstić information content (AvgIpc) is 3.44. The number of rotatable bonds is 16. The number of hydrogen-bond acceptors (Lipinski definition) is 13. The summed E-state index contributed by atoms with van der Waals surface area (Å²) in [6, 6.07) is 0.501. The minimum atomic E-state index is -0.979. The van der Waals surface area contributed by atoms with Crippen LogP contribution in [0, 0.1) is 0 Å². The van der Waals surface area contributed by atoms with E-state index in [4.69, 9.17) is 4.84 Å². The van der Waals surface area contributed by atoms with Crippen LogP contribution in [-0.2, 0) is 28.6 Å². The molecule has 3 aliphatic heterocycles. The van der Waals surface area contributed by atoms with Gasteiger partial charge in [-0.2, -0.15) is 16.1 Å². The molecule has 0 radical (unpaired) electrons. The number of hydroxylamine groups is 2. The molecule has 12 nitrogen and oxygen atoms in total. The van der Waals surface area contributed by atoms with Crippen LogP contribution in [0.15, 0.2) is 0 Å². The molecule has 0 spiro atoms. The van der Waals surface area contributed by atoms with Gasteiger partial charge in [-0.3, -0.25) is 14.6 Å². The van der Waals surface area contributed by atoms with E-state index in [-0.39, 0.29) is 60.5 Å². The number of nitrogens with zero attached hydrogens (tertiary/aromatic N) is 1. The van der Waals surface area contributed by atoms with E-state index in [9.17, 15) is 24.4 Å². The molecule has 35 heavy (non-hydrogen) atoms. The summed E-state index contributed by atoms with van der Waals surface area (Å²) >= 11 is 2.34. The Kier molecular flexibility index (Phi) is 15.1. The van der Waals surface area contributed by atoms with Crippen LogP contribution in [0.5, 0.6) is 0 Å². The Morgan fingerprint density at radius 2 is 1.97 bits per heavy atom. The first kappa shape index (κ1) is 31.3. The van der Waals surface area contributed by atoms with E-state index >= 15 is 0 Å². The number of urea groups is 1. The van der Waals surface area contributed by atoms with E-state index in [0.29, 0.717) is 28.1 Å². The Labute approximate surface area is 241 Å². The minimum absolute atomic E-state index is 0. The molecule has 3 rings (SSSR count). The van der Waals surface area contributed by atoms with Crippen molar-refractivity contribution in [3.05, 3.63) is 0 Å². The number of unbranched alkanes of at least 4 members (excludes halogenated alkanes) is 1. The van der Waals surface area contributed by atoms with Crippen molar-refractivity contribution in [1.82, 2.24) is 21.0 Å². The molecule has 4 amide bonds. The largest absolute Gasteiger partial charge is 1.00 e. The molecule has 4 atom stereocenters. The zero-order chi connectivity index (χ0) is 24.3. The normalized spacial score (nSPS) is 25.3. The molecule has 3 heterocycles. The number of carbonyl (C=O) groups excluding carboxylic acids is 4. The maximum atomic E-state index is 12.0. The monoisotopic (exact) mass is 578 g/mol. The van der Waals surface area contributed by atoms with E-state index in [1.54, 1.807) is 10.8 Å². The summed E-state index contributed by atoms with van der Waals surface area (Å²) in [6.45, 7) is 1.80. The van der Waals surface area contributed by atoms with Gasteiger partial charge in [0.05, 0.1) is 24.9 Å². The molecular formula is C18H27N4NaO8S4. The van der Waals surface area contributed by atoms with Gasteiger partial charge in [0.15, 0.2) is 0 Å². The summed E-state index contributed by atoms with van der Waals surface area (Å²) in [6.07, 6.45) is 3.12. The van der Waals surface area contributed by atoms with Crippen LogP contribution in [-0.4, -0.2) is 81.8 Å². The van der Waals surface area contributed by atoms with Gasteiger partial charge in [0, 0.05) is 41.1 Å². The van der Waals surface area contributed by atoms with E-state index in [1.165, 1.54) is 10.8 Å². The Balaban J connectivity index is 0.00000432. The fourth-order valence-corrected chi connectivity index (χ4v) is 7.66. The number of fused-ring (bicyclic) bond motifs is 1. The predicted octanol–water partition coefficient (Wildman–Crippen LogP) is -2.86. The molecule has 3 fully saturated rings. The maximum absolute atomic E-state index is 12.0. The number of imide groups is 1. The van der Waals surface area contributed by atoms with Crippen molar-refractivity contribution in [3.63, 3.8) is 0 Å². The molecule has 3 saturated heterocycles. The Morgan fingerprint density at radius 1 is 1.17 bits per heavy atom. The summed E-state index contributed by atoms with van der Waals surface area (Å²) in [5, 5.41) is 22.3. The van der Waals surface area contributed by atoms with Crippen LogP contribution in [0.25, 0.3) is 0 Å². The van der Waals surface area contributed by atoms with Crippen LogP contribution < -0.4 is 50.8 Å². The molecule has 0 aromatic carbocycles. The standard InChI is InChI=1S/C18H28N4O8S4.Na/c23-14-9-13(34-30-29-27)17(25)22(14)28-15(24)4-7-32-33-8-6-19-5-2-1-3-12-16-11(10-31-12)20-18(26)21-16;/h11-13,16,19,27H,1-10H2,(H2,20,21,26);/q;+1/p-1/t11-,12?,13?,16-;/m0./s1. The third-order valence-electron chi connectivity index (χ3n) is 5.30. The van der Waals surface area contributed by atoms with E-state index in [2.05, 4.69) is 25.3 Å². The summed E-state index contributed by atoms with van der Waals surface area (Å²) in [5.74, 6) is 0.233. The molecule has 17 heteroatoms. The van der Waals surface area contributed by atoms with Crippen molar-refractivity contribution < 1.29 is 68.2 Å². The van der Waals surface area contributed by atoms with Gasteiger partial charge in [-0.25, -0.2) is 9.59 Å². The molecule has 0 saturated carbocycles. The number of thioether (sulfide) groups is 1. The van der Waals surface area contributed by atoms with Crippen molar-refractivity contribution >= 4 is 69.2 Å². The van der Waals surface area contributed by atoms with Crippen molar-refractivity contribution in [3.8, 4) is 0 Å². The zero-order valence-corrected chi connectivity index (χ0v) is 24.5. The third kappa shape index (κ3) is 10.1. The smallest absolute Gasteiger partial charge is 0.691 e. The van der Waals surface area contributed by atoms with Crippen LogP contribution in [0.2, 0.25) is 0 Å². The second-order valence-corrected chi connectivity index (χ2v) is 12.5. The predicted molar refractivity (Wildman–Crippen MR) is 128 cm³/mol. The molecule has 192 valence electrons. The summed E-state index contributed by atoms with van der Waals surface area (Å²) in [5.41, 5.74) is 0. The van der Waals surface area contributed by atoms with Gasteiger partial charge in [0.1, 0.15) is 5.25 Å². The Bertz CT molecular complexity index is 743. The van der Waals surface area contributed by atoms with Gasteiger partial charge < -0.3 is 26.0 Å². The number of nitrogens with one attached hydrogen (secondary N) is 3. The average molecular weight is 579 g/mol. The fraction of sp³-hybridized carbons (Fsp3) is 0.778. The van der Waals surface area contributed by atoms with Gasteiger partial charge in [-0.05, 0) is 19.4 Å². The van der Waals surface area contributed by atoms with Gasteiger partial charge in [-0.1, -0.05) is 28.0 Å². The third-order valence-corrected chi connectivity index (χ3v) is 9.96. The first-order valence-electron chi connectivity index (χ1n) is 10.8. The quantitative estimate of drug-likeness (QED) is 0.0251. The number of amides is 4. The van der Waals surface area contributed by atoms with Crippen LogP contribution in [0.1, 0.15) is 32.1 Å². The van der Waals surface area contributed by atoms with Crippen molar-refractivity contribution in [2.75, 3.05) is 30.3 Å². The molecule has 0 aliphatic carbocycles. The maximum Gasteiger partial charge on any atom is 1.00 e. The van der Waals surface area contributed by atoms with E-state index in [0.717, 1.165) is 43.9 Å². The second-order valence-electron chi connectivity index (χ2n) is 7.68. The first-order valence-corrected chi connectivity index (χ1v) is 15.2. The zero-order valence-electron chi connectivity index (χ0n) is 19.2. The second kappa shape index (κ2) is 16.9. The van der Waals surface area contributed by atoms with Gasteiger partial charge >= 0.3 is 41.6 Å². The fourth-order valence-electron chi connectivity index (χ4n) is 3.68. The van der Waals surface area contributed by atoms with Crippen molar-refractivity contribution in [2.45, 2.75) is 54.7 Å². The Morgan fingerprint density at radius 3 is 2.77 bits per heavy atom. The molecule has 3 N–H and O–H groups in total. The van der Waals surface area contributed by atoms with Crippen LogP contribution >= 0.6 is 45.4 Å². The van der Waals surface area contributed by atoms with E-state index < -0.39 is 23.0 Å². The molecule has 0 aromatic heterocycles. The summed E-state index contributed by atoms with van der Waals surface area (Å²) in [4.78, 5) is 51.8. The van der Waals surface area contributed by atoms with Crippen molar-refractivity contribution in [2.24, 2.45) is 0 Å².